The van der Waals surface area contributed by atoms with Crippen LogP contribution in [-0.2, 0) is 9.53 Å². The monoisotopic (exact) mass is 312 g/mol. The van der Waals surface area contributed by atoms with Gasteiger partial charge in [0.25, 0.3) is 0 Å². The number of ether oxygens (including phenoxy) is 2. The van der Waals surface area contributed by atoms with Gasteiger partial charge >= 0.3 is 5.97 Å². The molecule has 0 radical (unpaired) electrons. The van der Waals surface area contributed by atoms with Crippen molar-refractivity contribution in [2.24, 2.45) is 5.92 Å². The Kier molecular flexibility index (Phi) is 4.63. The first kappa shape index (κ1) is 15.6. The largest absolute Gasteiger partial charge is 0.461 e. The number of rotatable bonds is 6. The summed E-state index contributed by atoms with van der Waals surface area (Å²) >= 11 is 0. The van der Waals surface area contributed by atoms with Crippen LogP contribution in [0.5, 0.6) is 11.5 Å². The Bertz CT molecular complexity index is 651. The van der Waals surface area contributed by atoms with Crippen molar-refractivity contribution >= 4 is 5.97 Å². The second-order valence-electron chi connectivity index (χ2n) is 5.73. The van der Waals surface area contributed by atoms with Crippen LogP contribution in [0, 0.1) is 5.92 Å². The number of cyclic esters (lactones) is 1. The van der Waals surface area contributed by atoms with Gasteiger partial charge in [0.15, 0.2) is 0 Å². The average Bonchev–Trinajstić information content (AvgIpc) is 2.56. The van der Waals surface area contributed by atoms with Gasteiger partial charge in [0.1, 0.15) is 17.6 Å². The fraction of sp³-hybridized carbons (Fsp3) is 0.316. The van der Waals surface area contributed by atoms with E-state index in [1.807, 2.05) is 61.5 Å². The summed E-state index contributed by atoms with van der Waals surface area (Å²) in [6, 6.07) is 16.9. The summed E-state index contributed by atoms with van der Waals surface area (Å²) in [6.07, 6.45) is 0.360. The van der Waals surface area contributed by atoms with Crippen LogP contribution in [0.15, 0.2) is 54.6 Å². The van der Waals surface area contributed by atoms with Crippen molar-refractivity contribution < 1.29 is 19.4 Å². The van der Waals surface area contributed by atoms with E-state index in [4.69, 9.17) is 9.47 Å². The molecule has 0 unspecified atom stereocenters. The van der Waals surface area contributed by atoms with Crippen molar-refractivity contribution in [2.45, 2.75) is 32.0 Å². The van der Waals surface area contributed by atoms with Crippen molar-refractivity contribution in [3.63, 3.8) is 0 Å². The number of hydrogen-bond acceptors (Lipinski definition) is 4. The maximum Gasteiger partial charge on any atom is 0.313 e. The van der Waals surface area contributed by atoms with Crippen molar-refractivity contribution in [3.05, 3.63) is 60.2 Å². The van der Waals surface area contributed by atoms with Crippen LogP contribution in [0.2, 0.25) is 0 Å². The van der Waals surface area contributed by atoms with E-state index in [9.17, 15) is 9.90 Å². The van der Waals surface area contributed by atoms with Gasteiger partial charge in [-0.05, 0) is 36.2 Å². The molecule has 23 heavy (non-hydrogen) atoms. The van der Waals surface area contributed by atoms with Gasteiger partial charge in [0, 0.05) is 6.42 Å². The molecule has 1 heterocycles. The van der Waals surface area contributed by atoms with Crippen LogP contribution in [0.25, 0.3) is 0 Å². The van der Waals surface area contributed by atoms with E-state index >= 15 is 0 Å². The van der Waals surface area contributed by atoms with Crippen LogP contribution in [-0.4, -0.2) is 17.2 Å². The topological polar surface area (TPSA) is 55.8 Å². The Morgan fingerprint density at radius 3 is 2.35 bits per heavy atom. The number of esters is 1. The molecule has 1 saturated heterocycles. The van der Waals surface area contributed by atoms with Gasteiger partial charge in [-0.3, -0.25) is 4.79 Å². The maximum atomic E-state index is 11.3. The summed E-state index contributed by atoms with van der Waals surface area (Å²) < 4.78 is 10.8. The summed E-state index contributed by atoms with van der Waals surface area (Å²) in [5.41, 5.74) is 0.795. The van der Waals surface area contributed by atoms with E-state index < -0.39 is 6.10 Å². The summed E-state index contributed by atoms with van der Waals surface area (Å²) in [6.45, 7) is 1.96. The van der Waals surface area contributed by atoms with E-state index in [2.05, 4.69) is 0 Å². The van der Waals surface area contributed by atoms with Gasteiger partial charge in [-0.15, -0.1) is 0 Å². The van der Waals surface area contributed by atoms with E-state index in [1.54, 1.807) is 0 Å². The summed E-state index contributed by atoms with van der Waals surface area (Å²) in [5.74, 6) is 1.25. The van der Waals surface area contributed by atoms with Crippen molar-refractivity contribution in [1.82, 2.24) is 0 Å². The molecule has 2 aromatic rings. The molecule has 1 fully saturated rings. The lowest BCUT2D eigenvalue weighted by Crippen LogP contribution is -2.45. The second kappa shape index (κ2) is 6.84. The molecule has 2 aromatic carbocycles. The third-order valence-corrected chi connectivity index (χ3v) is 4.16. The molecule has 0 aromatic heterocycles. The van der Waals surface area contributed by atoms with Gasteiger partial charge in [-0.1, -0.05) is 37.3 Å². The maximum absolute atomic E-state index is 11.3. The van der Waals surface area contributed by atoms with Crippen molar-refractivity contribution in [2.75, 3.05) is 0 Å². The zero-order chi connectivity index (χ0) is 16.2. The molecule has 4 heteroatoms. The average molecular weight is 312 g/mol. The first-order chi connectivity index (χ1) is 11.2. The van der Waals surface area contributed by atoms with Crippen LogP contribution in [0.3, 0.4) is 0 Å². The van der Waals surface area contributed by atoms with Crippen molar-refractivity contribution in [3.8, 4) is 11.5 Å². The highest BCUT2D eigenvalue weighted by atomic mass is 16.6. The molecule has 0 bridgehead atoms. The minimum Gasteiger partial charge on any atom is -0.461 e. The summed E-state index contributed by atoms with van der Waals surface area (Å²) in [4.78, 5) is 11.3. The van der Waals surface area contributed by atoms with Crippen LogP contribution in [0.1, 0.15) is 31.4 Å². The van der Waals surface area contributed by atoms with Crippen LogP contribution >= 0.6 is 0 Å². The molecule has 0 amide bonds. The minimum absolute atomic E-state index is 0.0784. The standard InChI is InChI=1S/C19H20O4/c1-2-16-18(23-19(16)21)12-17(20)13-8-10-15(11-9-13)22-14-6-4-3-5-7-14/h3-11,16-18,20H,2,12H2,1H3/t16-,17-,18-/m0/s1. The number of aliphatic hydroxyl groups excluding tert-OH is 1. The molecule has 4 nitrogen and oxygen atoms in total. The Morgan fingerprint density at radius 1 is 1.09 bits per heavy atom. The number of carbonyl (C=O) groups excluding carboxylic acids is 1. The number of aliphatic hydroxyl groups is 1. The highest BCUT2D eigenvalue weighted by Crippen LogP contribution is 2.33. The SMILES string of the molecule is CC[C@@H]1C(=O)O[C@H]1C[C@H](O)c1ccc(Oc2ccccc2)cc1. The Morgan fingerprint density at radius 2 is 1.74 bits per heavy atom. The van der Waals surface area contributed by atoms with Gasteiger partial charge < -0.3 is 14.6 Å². The molecular weight excluding hydrogens is 292 g/mol. The zero-order valence-electron chi connectivity index (χ0n) is 13.0. The normalized spacial score (nSPS) is 21.2. The van der Waals surface area contributed by atoms with Crippen LogP contribution in [0.4, 0.5) is 0 Å². The van der Waals surface area contributed by atoms with Crippen LogP contribution < -0.4 is 4.74 Å². The predicted molar refractivity (Wildman–Crippen MR) is 86.2 cm³/mol. The predicted octanol–water partition coefficient (Wildman–Crippen LogP) is 3.85. The first-order valence-electron chi connectivity index (χ1n) is 7.88. The highest BCUT2D eigenvalue weighted by Gasteiger charge is 2.41. The molecule has 0 saturated carbocycles. The lowest BCUT2D eigenvalue weighted by Gasteiger charge is -2.35. The van der Waals surface area contributed by atoms with Gasteiger partial charge in [0.2, 0.25) is 0 Å². The molecule has 120 valence electrons. The summed E-state index contributed by atoms with van der Waals surface area (Å²) in [7, 11) is 0. The van der Waals surface area contributed by atoms with Gasteiger partial charge in [-0.25, -0.2) is 0 Å². The Hall–Kier alpha value is -2.33. The highest BCUT2D eigenvalue weighted by molar-refractivity contribution is 5.78. The Balaban J connectivity index is 1.59. The number of carbonyl (C=O) groups is 1. The number of hydrogen-bond donors (Lipinski definition) is 1. The van der Waals surface area contributed by atoms with E-state index in [0.29, 0.717) is 12.2 Å². The van der Waals surface area contributed by atoms with Gasteiger partial charge in [-0.2, -0.15) is 0 Å². The molecule has 0 spiro atoms. The fourth-order valence-electron chi connectivity index (χ4n) is 2.78. The van der Waals surface area contributed by atoms with Crippen molar-refractivity contribution in [1.29, 1.82) is 0 Å². The molecular formula is C19H20O4. The lowest BCUT2D eigenvalue weighted by atomic mass is 9.88. The minimum atomic E-state index is -0.645. The third-order valence-electron chi connectivity index (χ3n) is 4.16. The smallest absolute Gasteiger partial charge is 0.313 e. The van der Waals surface area contributed by atoms with E-state index in [0.717, 1.165) is 17.7 Å². The zero-order valence-corrected chi connectivity index (χ0v) is 13.0. The quantitative estimate of drug-likeness (QED) is 0.823. The molecule has 1 N–H and O–H groups in total. The van der Waals surface area contributed by atoms with Gasteiger partial charge in [0.05, 0.1) is 12.0 Å². The third kappa shape index (κ3) is 3.54. The summed E-state index contributed by atoms with van der Waals surface area (Å²) in [5, 5.41) is 10.3. The number of para-hydroxylation sites is 1. The molecule has 1 aliphatic rings. The number of benzene rings is 2. The van der Waals surface area contributed by atoms with E-state index in [1.165, 1.54) is 0 Å². The lowest BCUT2D eigenvalue weighted by molar-refractivity contribution is -0.188. The second-order valence-corrected chi connectivity index (χ2v) is 5.73. The molecule has 1 aliphatic heterocycles. The van der Waals surface area contributed by atoms with E-state index in [-0.39, 0.29) is 18.0 Å². The first-order valence-corrected chi connectivity index (χ1v) is 7.88. The Labute approximate surface area is 135 Å². The molecule has 0 aliphatic carbocycles. The molecule has 3 rings (SSSR count). The fourth-order valence-corrected chi connectivity index (χ4v) is 2.78. The molecule has 3 atom stereocenters.